The second kappa shape index (κ2) is 12.0. The second-order valence-electron chi connectivity index (χ2n) is 13.3. The van der Waals surface area contributed by atoms with E-state index in [4.69, 9.17) is 0 Å². The smallest absolute Gasteiger partial charge is 0.0541 e. The highest BCUT2D eigenvalue weighted by Crippen LogP contribution is 2.44. The van der Waals surface area contributed by atoms with Gasteiger partial charge in [-0.2, -0.15) is 0 Å². The summed E-state index contributed by atoms with van der Waals surface area (Å²) in [5.41, 5.74) is 13.5. The van der Waals surface area contributed by atoms with E-state index in [0.717, 1.165) is 5.69 Å². The first-order valence-corrected chi connectivity index (χ1v) is 17.6. The van der Waals surface area contributed by atoms with Crippen molar-refractivity contribution >= 4 is 43.4 Å². The number of aromatic nitrogens is 1. The Morgan fingerprint density at radius 1 is 0.235 bits per heavy atom. The maximum atomic E-state index is 2.43. The molecule has 0 bridgehead atoms. The highest BCUT2D eigenvalue weighted by Gasteiger charge is 2.18. The molecule has 0 unspecified atom stereocenters. The molecule has 0 aliphatic rings. The van der Waals surface area contributed by atoms with Crippen molar-refractivity contribution < 1.29 is 0 Å². The summed E-state index contributed by atoms with van der Waals surface area (Å²) >= 11 is 0. The van der Waals surface area contributed by atoms with Gasteiger partial charge in [-0.3, -0.25) is 0 Å². The third-order valence-electron chi connectivity index (χ3n) is 10.4. The number of nitrogens with zero attached hydrogens (tertiary/aromatic N) is 1. The number of para-hydroxylation sites is 1. The van der Waals surface area contributed by atoms with Crippen LogP contribution in [-0.2, 0) is 0 Å². The zero-order chi connectivity index (χ0) is 33.7. The van der Waals surface area contributed by atoms with Crippen molar-refractivity contribution in [2.75, 3.05) is 0 Å². The molecule has 1 heteroatoms. The number of fused-ring (bicyclic) bond motifs is 5. The van der Waals surface area contributed by atoms with Gasteiger partial charge in [0, 0.05) is 16.5 Å². The van der Waals surface area contributed by atoms with E-state index in [-0.39, 0.29) is 0 Å². The average Bonchev–Trinajstić information content (AvgIpc) is 3.54. The Morgan fingerprint density at radius 3 is 1.29 bits per heavy atom. The Kier molecular flexibility index (Phi) is 6.89. The van der Waals surface area contributed by atoms with Gasteiger partial charge in [0.1, 0.15) is 0 Å². The standard InChI is InChI=1S/C50H33N/c1-3-14-34(15-4-1)35-26-28-36(29-27-35)38-30-31-48-46(33-38)41-20-11-12-25-47(41)51(48)40-19-13-18-39(32-40)50-44-23-9-7-21-42(44)49(37-16-5-2-6-17-37)43-22-8-10-24-45(43)50/h1-33H. The Bertz CT molecular complexity index is 2820. The van der Waals surface area contributed by atoms with Gasteiger partial charge in [-0.15, -0.1) is 0 Å². The van der Waals surface area contributed by atoms with E-state index in [1.165, 1.54) is 87.9 Å². The normalized spacial score (nSPS) is 11.5. The molecule has 0 N–H and O–H groups in total. The van der Waals surface area contributed by atoms with Crippen LogP contribution in [0.15, 0.2) is 200 Å². The van der Waals surface area contributed by atoms with Crippen molar-refractivity contribution in [3.05, 3.63) is 200 Å². The molecule has 0 amide bonds. The van der Waals surface area contributed by atoms with Crippen LogP contribution in [0.4, 0.5) is 0 Å². The van der Waals surface area contributed by atoms with Crippen LogP contribution >= 0.6 is 0 Å². The van der Waals surface area contributed by atoms with Gasteiger partial charge in [-0.1, -0.05) is 170 Å². The maximum absolute atomic E-state index is 2.43. The SMILES string of the molecule is c1ccc(-c2ccc(-c3ccc4c(c3)c3ccccc3n4-c3cccc(-c4c5ccccc5c(-c5ccccc5)c5ccccc45)c3)cc2)cc1. The summed E-state index contributed by atoms with van der Waals surface area (Å²) < 4.78 is 2.43. The lowest BCUT2D eigenvalue weighted by Gasteiger charge is -2.18. The van der Waals surface area contributed by atoms with Gasteiger partial charge >= 0.3 is 0 Å². The van der Waals surface area contributed by atoms with Crippen LogP contribution in [0.1, 0.15) is 0 Å². The summed E-state index contributed by atoms with van der Waals surface area (Å²) in [6.07, 6.45) is 0. The van der Waals surface area contributed by atoms with Crippen LogP contribution in [-0.4, -0.2) is 4.57 Å². The fourth-order valence-electron chi connectivity index (χ4n) is 8.07. The second-order valence-corrected chi connectivity index (χ2v) is 13.3. The van der Waals surface area contributed by atoms with Crippen LogP contribution < -0.4 is 0 Å². The molecule has 0 spiro atoms. The Hall–Kier alpha value is -6.70. The summed E-state index contributed by atoms with van der Waals surface area (Å²) in [7, 11) is 0. The van der Waals surface area contributed by atoms with Crippen LogP contribution in [0.5, 0.6) is 0 Å². The lowest BCUT2D eigenvalue weighted by Crippen LogP contribution is -1.95. The minimum absolute atomic E-state index is 1.15. The van der Waals surface area contributed by atoms with Gasteiger partial charge in [0.15, 0.2) is 0 Å². The quantitative estimate of drug-likeness (QED) is 0.164. The molecule has 0 saturated carbocycles. The number of benzene rings is 9. The molecule has 9 aromatic carbocycles. The number of hydrogen-bond donors (Lipinski definition) is 0. The van der Waals surface area contributed by atoms with Crippen molar-refractivity contribution in [2.45, 2.75) is 0 Å². The van der Waals surface area contributed by atoms with E-state index < -0.39 is 0 Å². The van der Waals surface area contributed by atoms with Crippen molar-refractivity contribution in [1.29, 1.82) is 0 Å². The third kappa shape index (κ3) is 4.86. The van der Waals surface area contributed by atoms with Crippen molar-refractivity contribution in [1.82, 2.24) is 4.57 Å². The zero-order valence-corrected chi connectivity index (χ0v) is 28.0. The van der Waals surface area contributed by atoms with Crippen LogP contribution in [0.3, 0.4) is 0 Å². The van der Waals surface area contributed by atoms with Gasteiger partial charge in [0.25, 0.3) is 0 Å². The fourth-order valence-corrected chi connectivity index (χ4v) is 8.07. The number of rotatable bonds is 5. The van der Waals surface area contributed by atoms with Gasteiger partial charge in [-0.25, -0.2) is 0 Å². The molecule has 51 heavy (non-hydrogen) atoms. The van der Waals surface area contributed by atoms with Crippen molar-refractivity contribution in [3.63, 3.8) is 0 Å². The van der Waals surface area contributed by atoms with E-state index in [2.05, 4.69) is 205 Å². The summed E-state index contributed by atoms with van der Waals surface area (Å²) in [5.74, 6) is 0. The third-order valence-corrected chi connectivity index (χ3v) is 10.4. The first-order valence-electron chi connectivity index (χ1n) is 17.6. The molecule has 0 atom stereocenters. The molecule has 10 rings (SSSR count). The van der Waals surface area contributed by atoms with Gasteiger partial charge in [0.05, 0.1) is 11.0 Å². The van der Waals surface area contributed by atoms with E-state index in [9.17, 15) is 0 Å². The van der Waals surface area contributed by atoms with Crippen molar-refractivity contribution in [3.8, 4) is 50.2 Å². The Morgan fingerprint density at radius 2 is 0.667 bits per heavy atom. The number of hydrogen-bond acceptors (Lipinski definition) is 0. The first kappa shape index (κ1) is 29.2. The average molecular weight is 648 g/mol. The van der Waals surface area contributed by atoms with E-state index >= 15 is 0 Å². The van der Waals surface area contributed by atoms with Gasteiger partial charge < -0.3 is 4.57 Å². The molecule has 1 aromatic heterocycles. The lowest BCUT2D eigenvalue weighted by atomic mass is 9.86. The molecule has 238 valence electrons. The monoisotopic (exact) mass is 647 g/mol. The predicted molar refractivity (Wildman–Crippen MR) is 218 cm³/mol. The minimum Gasteiger partial charge on any atom is -0.309 e. The Balaban J connectivity index is 1.15. The van der Waals surface area contributed by atoms with E-state index in [1.807, 2.05) is 0 Å². The van der Waals surface area contributed by atoms with Crippen LogP contribution in [0, 0.1) is 0 Å². The molecular weight excluding hydrogens is 615 g/mol. The molecule has 0 radical (unpaired) electrons. The summed E-state index contributed by atoms with van der Waals surface area (Å²) in [6, 6.07) is 72.9. The molecule has 0 saturated heterocycles. The van der Waals surface area contributed by atoms with E-state index in [0.29, 0.717) is 0 Å². The summed E-state index contributed by atoms with van der Waals surface area (Å²) in [6.45, 7) is 0. The lowest BCUT2D eigenvalue weighted by molar-refractivity contribution is 1.18. The van der Waals surface area contributed by atoms with E-state index in [1.54, 1.807) is 0 Å². The molecule has 1 nitrogen and oxygen atoms in total. The zero-order valence-electron chi connectivity index (χ0n) is 28.0. The highest BCUT2D eigenvalue weighted by molar-refractivity contribution is 6.21. The molecular formula is C50H33N. The molecule has 0 aliphatic heterocycles. The van der Waals surface area contributed by atoms with Crippen LogP contribution in [0.2, 0.25) is 0 Å². The molecule has 0 aliphatic carbocycles. The predicted octanol–water partition coefficient (Wildman–Crippen LogP) is 13.8. The highest BCUT2D eigenvalue weighted by atomic mass is 15.0. The van der Waals surface area contributed by atoms with Crippen LogP contribution in [0.25, 0.3) is 93.5 Å². The maximum Gasteiger partial charge on any atom is 0.0541 e. The molecule has 0 fully saturated rings. The van der Waals surface area contributed by atoms with Crippen molar-refractivity contribution in [2.24, 2.45) is 0 Å². The fraction of sp³-hybridized carbons (Fsp3) is 0. The summed E-state index contributed by atoms with van der Waals surface area (Å²) in [5, 5.41) is 7.57. The topological polar surface area (TPSA) is 4.93 Å². The van der Waals surface area contributed by atoms with Gasteiger partial charge in [0.2, 0.25) is 0 Å². The minimum atomic E-state index is 1.15. The first-order chi connectivity index (χ1) is 25.3. The summed E-state index contributed by atoms with van der Waals surface area (Å²) in [4.78, 5) is 0. The van der Waals surface area contributed by atoms with Gasteiger partial charge in [-0.05, 0) is 96.4 Å². The Labute approximate surface area is 297 Å². The largest absolute Gasteiger partial charge is 0.309 e. The molecule has 1 heterocycles. The molecule has 10 aromatic rings.